The van der Waals surface area contributed by atoms with Crippen LogP contribution in [0.3, 0.4) is 0 Å². The third-order valence-corrected chi connectivity index (χ3v) is 18.5. The van der Waals surface area contributed by atoms with Crippen molar-refractivity contribution in [1.82, 2.24) is 31.5 Å². The summed E-state index contributed by atoms with van der Waals surface area (Å²) in [5.41, 5.74) is 6.48. The molecular formula is C67H114N8O21. The maximum absolute atomic E-state index is 14.4. The van der Waals surface area contributed by atoms with E-state index in [0.29, 0.717) is 58.3 Å². The van der Waals surface area contributed by atoms with Crippen molar-refractivity contribution in [2.45, 2.75) is 222 Å². The Balaban J connectivity index is 1.68. The molecule has 0 aromatic carbocycles. The van der Waals surface area contributed by atoms with Gasteiger partial charge in [0.2, 0.25) is 29.5 Å². The second-order valence-electron chi connectivity index (χ2n) is 26.0. The molecule has 0 aromatic heterocycles. The fourth-order valence-corrected chi connectivity index (χ4v) is 11.6. The third kappa shape index (κ3) is 32.4. The number of aliphatic imine (C=N–C) groups is 1. The molecule has 0 spiro atoms. The van der Waals surface area contributed by atoms with Crippen LogP contribution < -0.4 is 32.3 Å². The summed E-state index contributed by atoms with van der Waals surface area (Å²) in [6.45, 7) is 22.5. The number of nitrogens with two attached hydrogens (primary N) is 1. The van der Waals surface area contributed by atoms with Gasteiger partial charge >= 0.3 is 23.9 Å². The van der Waals surface area contributed by atoms with Crippen LogP contribution in [-0.2, 0) is 95.4 Å². The predicted molar refractivity (Wildman–Crippen MR) is 351 cm³/mol. The number of carboxylic acid groups (broad SMARTS) is 1. The first kappa shape index (κ1) is 84.0. The average molecular weight is 1370 g/mol. The smallest absolute Gasteiger partial charge is 0.303 e. The van der Waals surface area contributed by atoms with Crippen molar-refractivity contribution in [2.24, 2.45) is 58.1 Å². The van der Waals surface area contributed by atoms with Gasteiger partial charge in [-0.1, -0.05) is 55.4 Å². The van der Waals surface area contributed by atoms with Gasteiger partial charge in [0.05, 0.1) is 43.5 Å². The molecule has 3 heterocycles. The number of carbonyl (C=O) groups excluding carboxylic acids is 10. The monoisotopic (exact) mass is 1370 g/mol. The van der Waals surface area contributed by atoms with Crippen LogP contribution in [0, 0.1) is 47.3 Å². The van der Waals surface area contributed by atoms with E-state index in [1.165, 1.54) is 32.6 Å². The van der Waals surface area contributed by atoms with Gasteiger partial charge in [-0.25, -0.2) is 0 Å². The number of hydrogen-bond donors (Lipinski definition) is 7. The molecule has 16 atom stereocenters. The minimum atomic E-state index is -1.14. The number of ether oxygens (including phenoxy) is 9. The summed E-state index contributed by atoms with van der Waals surface area (Å²) in [6, 6.07) is -1.61. The van der Waals surface area contributed by atoms with Gasteiger partial charge in [0, 0.05) is 124 Å². The van der Waals surface area contributed by atoms with Gasteiger partial charge in [0.25, 0.3) is 0 Å². The number of nitrogens with zero attached hydrogens (tertiary/aromatic N) is 2. The van der Waals surface area contributed by atoms with Crippen LogP contribution in [0.4, 0.5) is 0 Å². The van der Waals surface area contributed by atoms with E-state index in [-0.39, 0.29) is 187 Å². The van der Waals surface area contributed by atoms with Crippen LogP contribution >= 0.6 is 0 Å². The van der Waals surface area contributed by atoms with E-state index in [2.05, 4.69) is 66.2 Å². The topological polar surface area (TPSA) is 393 Å². The van der Waals surface area contributed by atoms with E-state index in [1.54, 1.807) is 0 Å². The molecule has 0 radical (unpaired) electrons. The summed E-state index contributed by atoms with van der Waals surface area (Å²) in [5.74, 6) is -4.53. The van der Waals surface area contributed by atoms with E-state index in [9.17, 15) is 52.7 Å². The van der Waals surface area contributed by atoms with Crippen LogP contribution in [-0.4, -0.2) is 216 Å². The van der Waals surface area contributed by atoms with E-state index >= 15 is 0 Å². The zero-order valence-corrected chi connectivity index (χ0v) is 58.9. The molecular weight excluding hydrogens is 1250 g/mol. The first-order valence-corrected chi connectivity index (χ1v) is 34.3. The number of aliphatic carboxylic acids is 1. The van der Waals surface area contributed by atoms with Gasteiger partial charge in [-0.05, 0) is 86.9 Å². The first-order chi connectivity index (χ1) is 45.5. The molecule has 8 N–H and O–H groups in total. The van der Waals surface area contributed by atoms with Crippen LogP contribution in [0.2, 0.25) is 0 Å². The van der Waals surface area contributed by atoms with Gasteiger partial charge in [-0.3, -0.25) is 62.6 Å². The molecule has 0 saturated carbocycles. The van der Waals surface area contributed by atoms with Crippen molar-refractivity contribution in [1.29, 1.82) is 0 Å². The Hall–Kier alpha value is -6.24. The fourth-order valence-electron chi connectivity index (χ4n) is 11.6. The van der Waals surface area contributed by atoms with E-state index in [1.807, 2.05) is 20.8 Å². The maximum atomic E-state index is 14.4. The Morgan fingerprint density at radius 1 is 0.469 bits per heavy atom. The highest BCUT2D eigenvalue weighted by Crippen LogP contribution is 2.37. The van der Waals surface area contributed by atoms with Gasteiger partial charge in [-0.2, -0.15) is 0 Å². The number of amidine groups is 1. The Bertz CT molecular complexity index is 2510. The second-order valence-corrected chi connectivity index (χ2v) is 26.0. The molecule has 5 amide bonds. The highest BCUT2D eigenvalue weighted by Gasteiger charge is 2.44. The lowest BCUT2D eigenvalue weighted by atomic mass is 9.79. The number of hydrogen-bond acceptors (Lipinski definition) is 22. The molecule has 29 heteroatoms. The average Bonchev–Trinajstić information content (AvgIpc) is 0.831. The molecule has 96 heavy (non-hydrogen) atoms. The Labute approximate surface area is 566 Å². The molecule has 0 aromatic rings. The number of rotatable bonds is 46. The number of carbonyl (C=O) groups is 11. The molecule has 3 aliphatic rings. The third-order valence-electron chi connectivity index (χ3n) is 18.5. The number of ketones is 2. The number of carboxylic acids is 1. The summed E-state index contributed by atoms with van der Waals surface area (Å²) in [4.78, 5) is 144. The molecule has 548 valence electrons. The summed E-state index contributed by atoms with van der Waals surface area (Å²) in [6.07, 6.45) is -0.907. The summed E-state index contributed by atoms with van der Waals surface area (Å²) >= 11 is 0. The normalized spacial score (nSPS) is 26.1. The summed E-state index contributed by atoms with van der Waals surface area (Å²) in [7, 11) is 0. The van der Waals surface area contributed by atoms with Gasteiger partial charge in [-0.15, -0.1) is 0 Å². The van der Waals surface area contributed by atoms with E-state index in [0.717, 1.165) is 0 Å². The zero-order chi connectivity index (χ0) is 71.4. The fraction of sp³-hybridized carbons (Fsp3) is 0.821. The van der Waals surface area contributed by atoms with Crippen molar-refractivity contribution in [3.63, 3.8) is 0 Å². The SMILES string of the molecule is CC(=O)NC1[C@H](OCCCCNC(=O)CN=C(N)CN(CC(=O)CCC(=O)NCCCCO[C@@H]2OC(COC(C)=O)[C@H](C)[C@H](C)C2C)C(CCNC(=O)CCCC(=O)O)C(=O)CCC(=O)NCCCCO[C@@H]2OC(COC(C)=O)[C@H](C)[C@H](C)C2C)OC(COC(C)=O)[C@H](C)[C@@H]1C. The Morgan fingerprint density at radius 2 is 0.885 bits per heavy atom. The maximum Gasteiger partial charge on any atom is 0.303 e. The molecule has 29 nitrogen and oxygen atoms in total. The van der Waals surface area contributed by atoms with Crippen molar-refractivity contribution >= 4 is 70.8 Å². The highest BCUT2D eigenvalue weighted by molar-refractivity contribution is 5.92. The number of esters is 3. The van der Waals surface area contributed by atoms with Crippen LogP contribution in [0.25, 0.3) is 0 Å². The molecule has 7 unspecified atom stereocenters. The Morgan fingerprint density at radius 3 is 1.34 bits per heavy atom. The number of amides is 5. The second kappa shape index (κ2) is 45.4. The molecule has 3 fully saturated rings. The van der Waals surface area contributed by atoms with Crippen LogP contribution in [0.5, 0.6) is 0 Å². The highest BCUT2D eigenvalue weighted by atomic mass is 16.7. The van der Waals surface area contributed by atoms with Crippen LogP contribution in [0.15, 0.2) is 4.99 Å². The van der Waals surface area contributed by atoms with Crippen molar-refractivity contribution in [3.05, 3.63) is 0 Å². The van der Waals surface area contributed by atoms with Gasteiger partial charge in [0.15, 0.2) is 24.7 Å². The van der Waals surface area contributed by atoms with E-state index < -0.39 is 97.3 Å². The number of nitrogens with one attached hydrogen (secondary N) is 5. The Kier molecular flexibility index (Phi) is 39.7. The summed E-state index contributed by atoms with van der Waals surface area (Å²) < 4.78 is 52.5. The molecule has 0 aliphatic carbocycles. The van der Waals surface area contributed by atoms with Gasteiger partial charge in [0.1, 0.15) is 38.0 Å². The standard InChI is InChI=1S/C67H114N8O21/c1-40-42(3)55(37-91-49(10)77)94-65(46(40)7)88-31-16-13-27-69-60(83)24-22-52(80)35-75(36-58(68)73-34-62(85)71-29-15-18-33-90-67-64(74-48(9)76)45(6)44(5)57(96-67)39-93-51(12)79)53(26-30-72-59(82)20-19-21-63(86)87)54(81)23-25-61(84)70-28-14-17-32-89-66-47(8)41(2)43(4)56(95-66)38-92-50(11)78/h40-47,53,55-57,64-67H,13-39H2,1-12H3,(H2,68,73)(H,69,83)(H,70,84)(H,71,85)(H,72,82)(H,74,76)(H,86,87)/t40-,41-,42+,43+,44+,45-,46?,47?,53?,55?,56?,57?,64?,65+,66+,67+/m0/s1. The van der Waals surface area contributed by atoms with Crippen molar-refractivity contribution in [3.8, 4) is 0 Å². The van der Waals surface area contributed by atoms with Crippen molar-refractivity contribution < 1.29 is 100 Å². The van der Waals surface area contributed by atoms with Gasteiger partial charge < -0.3 is 80.1 Å². The minimum absolute atomic E-state index is 0.0295. The lowest BCUT2D eigenvalue weighted by molar-refractivity contribution is -0.255. The zero-order valence-electron chi connectivity index (χ0n) is 58.9. The number of unbranched alkanes of at least 4 members (excludes halogenated alkanes) is 3. The molecule has 0 bridgehead atoms. The minimum Gasteiger partial charge on any atom is -0.481 e. The lowest BCUT2D eigenvalue weighted by Crippen LogP contribution is -2.58. The first-order valence-electron chi connectivity index (χ1n) is 34.3. The predicted octanol–water partition coefficient (Wildman–Crippen LogP) is 3.67. The quantitative estimate of drug-likeness (QED) is 0.0150. The molecule has 3 saturated heterocycles. The number of Topliss-reactive ketones (excluding diaryl/α,β-unsaturated/α-hetero) is 2. The van der Waals surface area contributed by atoms with E-state index in [4.69, 9.17) is 53.5 Å². The van der Waals surface area contributed by atoms with Crippen molar-refractivity contribution in [2.75, 3.05) is 85.5 Å². The molecule has 3 rings (SSSR count). The largest absolute Gasteiger partial charge is 0.481 e. The lowest BCUT2D eigenvalue weighted by Gasteiger charge is -2.44. The molecule has 3 aliphatic heterocycles. The summed E-state index contributed by atoms with van der Waals surface area (Å²) in [5, 5.41) is 23.2. The van der Waals surface area contributed by atoms with Crippen LogP contribution in [0.1, 0.15) is 173 Å².